The molecule has 122 valence electrons. The summed E-state index contributed by atoms with van der Waals surface area (Å²) in [5.41, 5.74) is 10.6. The molecule has 0 aromatic heterocycles. The van der Waals surface area contributed by atoms with E-state index < -0.39 is 28.8 Å². The summed E-state index contributed by atoms with van der Waals surface area (Å²) in [7, 11) is 0. The zero-order valence-corrected chi connectivity index (χ0v) is 12.3. The third kappa shape index (κ3) is 2.46. The van der Waals surface area contributed by atoms with E-state index in [-0.39, 0.29) is 28.1 Å². The first kappa shape index (κ1) is 15.9. The van der Waals surface area contributed by atoms with E-state index in [1.807, 2.05) is 0 Å². The summed E-state index contributed by atoms with van der Waals surface area (Å²) in [5.74, 6) is -3.43. The Morgan fingerprint density at radius 3 is 1.50 bits per heavy atom. The number of rotatable bonds is 2. The maximum atomic E-state index is 14.1. The second-order valence-electron chi connectivity index (χ2n) is 5.18. The highest BCUT2D eigenvalue weighted by Gasteiger charge is 2.21. The Labute approximate surface area is 135 Å². The van der Waals surface area contributed by atoms with Crippen molar-refractivity contribution in [2.24, 2.45) is 0 Å². The molecule has 3 rings (SSSR count). The van der Waals surface area contributed by atoms with Gasteiger partial charge in [-0.15, -0.1) is 0 Å². The van der Waals surface area contributed by atoms with Gasteiger partial charge in [0.2, 0.25) is 0 Å². The van der Waals surface area contributed by atoms with E-state index in [1.165, 1.54) is 24.3 Å². The summed E-state index contributed by atoms with van der Waals surface area (Å²) < 4.78 is 56.2. The predicted molar refractivity (Wildman–Crippen MR) is 86.0 cm³/mol. The van der Waals surface area contributed by atoms with Crippen molar-refractivity contribution in [3.05, 3.63) is 71.8 Å². The monoisotopic (exact) mass is 332 g/mol. The molecule has 0 aliphatic heterocycles. The normalized spacial score (nSPS) is 10.8. The third-order valence-corrected chi connectivity index (χ3v) is 3.72. The van der Waals surface area contributed by atoms with Crippen molar-refractivity contribution in [1.29, 1.82) is 0 Å². The number of anilines is 2. The standard InChI is InChI=1S/C18H12F4N2/c19-10-3-1-4-11(20)15(10)9-7-8-14(23)17(18(9)24)16-12(21)5-2-6-13(16)22/h1-8H,23-24H2. The lowest BCUT2D eigenvalue weighted by atomic mass is 9.93. The number of benzene rings is 3. The lowest BCUT2D eigenvalue weighted by Crippen LogP contribution is -2.03. The van der Waals surface area contributed by atoms with Crippen molar-refractivity contribution in [1.82, 2.24) is 0 Å². The lowest BCUT2D eigenvalue weighted by Gasteiger charge is -2.16. The van der Waals surface area contributed by atoms with Gasteiger partial charge in [-0.2, -0.15) is 0 Å². The molecule has 2 nitrogen and oxygen atoms in total. The van der Waals surface area contributed by atoms with Crippen molar-refractivity contribution in [2.75, 3.05) is 11.5 Å². The van der Waals surface area contributed by atoms with Crippen LogP contribution in [0.3, 0.4) is 0 Å². The van der Waals surface area contributed by atoms with Gasteiger partial charge in [0.25, 0.3) is 0 Å². The summed E-state index contributed by atoms with van der Waals surface area (Å²) in [6.07, 6.45) is 0. The zero-order valence-electron chi connectivity index (χ0n) is 12.3. The Morgan fingerprint density at radius 2 is 1.00 bits per heavy atom. The molecular weight excluding hydrogens is 320 g/mol. The van der Waals surface area contributed by atoms with E-state index in [0.29, 0.717) is 0 Å². The molecule has 6 heteroatoms. The minimum Gasteiger partial charge on any atom is -0.398 e. The summed E-state index contributed by atoms with van der Waals surface area (Å²) in [5, 5.41) is 0. The maximum absolute atomic E-state index is 14.1. The van der Waals surface area contributed by atoms with Crippen LogP contribution in [-0.4, -0.2) is 0 Å². The van der Waals surface area contributed by atoms with Gasteiger partial charge in [0, 0.05) is 22.5 Å². The molecule has 3 aromatic rings. The number of nitrogens with two attached hydrogens (primary N) is 2. The first-order chi connectivity index (χ1) is 11.4. The number of hydrogen-bond acceptors (Lipinski definition) is 2. The molecule has 3 aromatic carbocycles. The topological polar surface area (TPSA) is 52.0 Å². The fourth-order valence-corrected chi connectivity index (χ4v) is 2.63. The molecule has 0 bridgehead atoms. The highest BCUT2D eigenvalue weighted by atomic mass is 19.1. The van der Waals surface area contributed by atoms with Gasteiger partial charge in [0.05, 0.1) is 11.1 Å². The molecule has 0 fully saturated rings. The summed E-state index contributed by atoms with van der Waals surface area (Å²) >= 11 is 0. The van der Waals surface area contributed by atoms with E-state index in [9.17, 15) is 17.6 Å². The molecule has 0 radical (unpaired) electrons. The summed E-state index contributed by atoms with van der Waals surface area (Å²) in [6.45, 7) is 0. The van der Waals surface area contributed by atoms with Gasteiger partial charge in [-0.1, -0.05) is 18.2 Å². The highest BCUT2D eigenvalue weighted by Crippen LogP contribution is 2.42. The molecule has 0 aliphatic carbocycles. The first-order valence-corrected chi connectivity index (χ1v) is 6.98. The Bertz CT molecular complexity index is 898. The van der Waals surface area contributed by atoms with E-state index in [1.54, 1.807) is 0 Å². The Morgan fingerprint density at radius 1 is 0.542 bits per heavy atom. The van der Waals surface area contributed by atoms with Crippen LogP contribution >= 0.6 is 0 Å². The minimum absolute atomic E-state index is 0.00278. The van der Waals surface area contributed by atoms with Gasteiger partial charge in [-0.3, -0.25) is 0 Å². The van der Waals surface area contributed by atoms with Gasteiger partial charge < -0.3 is 11.5 Å². The number of halogens is 4. The third-order valence-electron chi connectivity index (χ3n) is 3.72. The lowest BCUT2D eigenvalue weighted by molar-refractivity contribution is 0.589. The van der Waals surface area contributed by atoms with Gasteiger partial charge >= 0.3 is 0 Å². The number of nitrogen functional groups attached to an aromatic ring is 2. The van der Waals surface area contributed by atoms with E-state index in [2.05, 4.69) is 0 Å². The zero-order chi connectivity index (χ0) is 17.4. The van der Waals surface area contributed by atoms with Crippen LogP contribution < -0.4 is 11.5 Å². The molecule has 0 saturated heterocycles. The highest BCUT2D eigenvalue weighted by molar-refractivity contribution is 5.95. The largest absolute Gasteiger partial charge is 0.398 e. The van der Waals surface area contributed by atoms with Crippen molar-refractivity contribution < 1.29 is 17.6 Å². The van der Waals surface area contributed by atoms with E-state index in [0.717, 1.165) is 24.3 Å². The van der Waals surface area contributed by atoms with Crippen LogP contribution in [0.25, 0.3) is 22.3 Å². The Hall–Kier alpha value is -3.02. The second-order valence-corrected chi connectivity index (χ2v) is 5.18. The average Bonchev–Trinajstić information content (AvgIpc) is 2.52. The molecule has 0 unspecified atom stereocenters. The molecule has 24 heavy (non-hydrogen) atoms. The van der Waals surface area contributed by atoms with Crippen molar-refractivity contribution >= 4 is 11.4 Å². The molecule has 4 N–H and O–H groups in total. The van der Waals surface area contributed by atoms with Crippen LogP contribution in [-0.2, 0) is 0 Å². The molecule has 0 aliphatic rings. The molecular formula is C18H12F4N2. The van der Waals surface area contributed by atoms with Crippen LogP contribution in [0.5, 0.6) is 0 Å². The second kappa shape index (κ2) is 5.88. The SMILES string of the molecule is Nc1ccc(-c2c(F)cccc2F)c(N)c1-c1c(F)cccc1F. The van der Waals surface area contributed by atoms with Gasteiger partial charge in [-0.25, -0.2) is 17.6 Å². The smallest absolute Gasteiger partial charge is 0.134 e. The first-order valence-electron chi connectivity index (χ1n) is 6.98. The quantitative estimate of drug-likeness (QED) is 0.526. The van der Waals surface area contributed by atoms with Crippen LogP contribution in [0.4, 0.5) is 28.9 Å². The van der Waals surface area contributed by atoms with E-state index in [4.69, 9.17) is 11.5 Å². The van der Waals surface area contributed by atoms with Crippen molar-refractivity contribution in [3.63, 3.8) is 0 Å². The Balaban J connectivity index is 2.35. The van der Waals surface area contributed by atoms with Crippen LogP contribution in [0.2, 0.25) is 0 Å². The van der Waals surface area contributed by atoms with Gasteiger partial charge in [0.15, 0.2) is 0 Å². The van der Waals surface area contributed by atoms with Crippen LogP contribution in [0.15, 0.2) is 48.5 Å². The summed E-state index contributed by atoms with van der Waals surface area (Å²) in [4.78, 5) is 0. The van der Waals surface area contributed by atoms with Crippen LogP contribution in [0, 0.1) is 23.3 Å². The molecule has 0 amide bonds. The molecule has 0 atom stereocenters. The Kier molecular flexibility index (Phi) is 3.89. The van der Waals surface area contributed by atoms with Crippen molar-refractivity contribution in [2.45, 2.75) is 0 Å². The molecule has 0 saturated carbocycles. The maximum Gasteiger partial charge on any atom is 0.134 e. The number of hydrogen-bond donors (Lipinski definition) is 2. The average molecular weight is 332 g/mol. The van der Waals surface area contributed by atoms with Crippen molar-refractivity contribution in [3.8, 4) is 22.3 Å². The minimum atomic E-state index is -0.875. The molecule has 0 heterocycles. The molecule has 0 spiro atoms. The van der Waals surface area contributed by atoms with Gasteiger partial charge in [0.1, 0.15) is 23.3 Å². The predicted octanol–water partition coefficient (Wildman–Crippen LogP) is 4.74. The fourth-order valence-electron chi connectivity index (χ4n) is 2.63. The van der Waals surface area contributed by atoms with E-state index >= 15 is 0 Å². The van der Waals surface area contributed by atoms with Crippen LogP contribution in [0.1, 0.15) is 0 Å². The summed E-state index contributed by atoms with van der Waals surface area (Å²) in [6, 6.07) is 9.25. The fraction of sp³-hybridized carbons (Fsp3) is 0. The van der Waals surface area contributed by atoms with Gasteiger partial charge in [-0.05, 0) is 30.3 Å².